The Labute approximate surface area is 158 Å². The van der Waals surface area contributed by atoms with Crippen molar-refractivity contribution in [1.29, 1.82) is 0 Å². The predicted molar refractivity (Wildman–Crippen MR) is 99.6 cm³/mol. The third-order valence-electron chi connectivity index (χ3n) is 4.48. The Kier molecular flexibility index (Phi) is 6.30. The maximum absolute atomic E-state index is 12.2. The van der Waals surface area contributed by atoms with Gasteiger partial charge < -0.3 is 19.1 Å². The Morgan fingerprint density at radius 3 is 2.30 bits per heavy atom. The number of hydrogen-bond acceptors (Lipinski definition) is 5. The second kappa shape index (κ2) is 9.07. The van der Waals surface area contributed by atoms with Gasteiger partial charge in [0.15, 0.2) is 0 Å². The van der Waals surface area contributed by atoms with Crippen LogP contribution in [0.25, 0.3) is 0 Å². The molecule has 0 atom stereocenters. The van der Waals surface area contributed by atoms with Crippen molar-refractivity contribution >= 4 is 12.1 Å². The summed E-state index contributed by atoms with van der Waals surface area (Å²) in [5, 5.41) is 0. The van der Waals surface area contributed by atoms with E-state index < -0.39 is 0 Å². The first-order valence-electron chi connectivity index (χ1n) is 8.96. The Balaban J connectivity index is 1.43. The van der Waals surface area contributed by atoms with E-state index in [0.29, 0.717) is 24.4 Å². The highest BCUT2D eigenvalue weighted by Gasteiger charge is 2.25. The molecule has 0 saturated carbocycles. The van der Waals surface area contributed by atoms with Gasteiger partial charge in [-0.05, 0) is 29.8 Å². The Bertz CT molecular complexity index is 752. The summed E-state index contributed by atoms with van der Waals surface area (Å²) >= 11 is 0. The number of nitrogens with zero attached hydrogens (tertiary/aromatic N) is 1. The van der Waals surface area contributed by atoms with Crippen molar-refractivity contribution in [2.75, 3.05) is 20.2 Å². The fourth-order valence-electron chi connectivity index (χ4n) is 2.95. The molecule has 1 fully saturated rings. The molecule has 27 heavy (non-hydrogen) atoms. The number of rotatable bonds is 5. The summed E-state index contributed by atoms with van der Waals surface area (Å²) in [7, 11) is 1.35. The highest BCUT2D eigenvalue weighted by atomic mass is 16.6. The van der Waals surface area contributed by atoms with Crippen molar-refractivity contribution in [2.24, 2.45) is 0 Å². The van der Waals surface area contributed by atoms with Crippen molar-refractivity contribution in [1.82, 2.24) is 4.90 Å². The normalized spacial score (nSPS) is 14.5. The lowest BCUT2D eigenvalue weighted by Crippen LogP contribution is -2.42. The van der Waals surface area contributed by atoms with Crippen LogP contribution in [0.4, 0.5) is 4.79 Å². The largest absolute Gasteiger partial charge is 0.490 e. The molecule has 1 aliphatic rings. The van der Waals surface area contributed by atoms with Gasteiger partial charge in [0.05, 0.1) is 12.7 Å². The van der Waals surface area contributed by atoms with Crippen LogP contribution in [-0.2, 0) is 16.1 Å². The third kappa shape index (κ3) is 5.23. The summed E-state index contributed by atoms with van der Waals surface area (Å²) in [6.45, 7) is 1.47. The maximum atomic E-state index is 12.2. The van der Waals surface area contributed by atoms with Gasteiger partial charge >= 0.3 is 12.1 Å². The van der Waals surface area contributed by atoms with Crippen molar-refractivity contribution in [3.8, 4) is 5.75 Å². The number of methoxy groups -OCH3 is 1. The summed E-state index contributed by atoms with van der Waals surface area (Å²) in [4.78, 5) is 25.3. The van der Waals surface area contributed by atoms with Crippen molar-refractivity contribution in [3.05, 3.63) is 65.7 Å². The quantitative estimate of drug-likeness (QED) is 0.753. The Hall–Kier alpha value is -3.02. The monoisotopic (exact) mass is 369 g/mol. The highest BCUT2D eigenvalue weighted by Crippen LogP contribution is 2.20. The van der Waals surface area contributed by atoms with Crippen molar-refractivity contribution in [2.45, 2.75) is 25.6 Å². The van der Waals surface area contributed by atoms with Crippen LogP contribution in [0, 0.1) is 0 Å². The van der Waals surface area contributed by atoms with Gasteiger partial charge in [-0.25, -0.2) is 9.59 Å². The molecule has 2 aromatic rings. The van der Waals surface area contributed by atoms with E-state index in [1.54, 1.807) is 29.2 Å². The first-order chi connectivity index (χ1) is 13.2. The van der Waals surface area contributed by atoms with Crippen LogP contribution in [0.3, 0.4) is 0 Å². The van der Waals surface area contributed by atoms with Gasteiger partial charge in [-0.3, -0.25) is 0 Å². The maximum Gasteiger partial charge on any atom is 0.410 e. The van der Waals surface area contributed by atoms with E-state index in [-0.39, 0.29) is 24.8 Å². The van der Waals surface area contributed by atoms with E-state index in [0.717, 1.165) is 18.4 Å². The lowest BCUT2D eigenvalue weighted by molar-refractivity contribution is 0.0600. The van der Waals surface area contributed by atoms with E-state index in [2.05, 4.69) is 4.74 Å². The third-order valence-corrected chi connectivity index (χ3v) is 4.48. The van der Waals surface area contributed by atoms with E-state index in [1.807, 2.05) is 30.3 Å². The first-order valence-corrected chi connectivity index (χ1v) is 8.96. The molecule has 1 aliphatic heterocycles. The van der Waals surface area contributed by atoms with Crippen LogP contribution < -0.4 is 4.74 Å². The summed E-state index contributed by atoms with van der Waals surface area (Å²) < 4.78 is 16.0. The molecule has 142 valence electrons. The minimum absolute atomic E-state index is 0.0344. The number of carbonyl (C=O) groups is 2. The number of amides is 1. The van der Waals surface area contributed by atoms with E-state index in [9.17, 15) is 9.59 Å². The minimum Gasteiger partial charge on any atom is -0.490 e. The summed E-state index contributed by atoms with van der Waals surface area (Å²) in [5.41, 5.74) is 1.46. The molecular formula is C21H23NO5. The topological polar surface area (TPSA) is 65.1 Å². The molecule has 1 saturated heterocycles. The second-order valence-corrected chi connectivity index (χ2v) is 6.36. The lowest BCUT2D eigenvalue weighted by Gasteiger charge is -2.31. The number of likely N-dealkylation sites (tertiary alicyclic amines) is 1. The zero-order valence-corrected chi connectivity index (χ0v) is 15.3. The molecule has 2 aromatic carbocycles. The molecule has 0 unspecified atom stereocenters. The van der Waals surface area contributed by atoms with Gasteiger partial charge in [0.1, 0.15) is 18.5 Å². The first kappa shape index (κ1) is 18.8. The smallest absolute Gasteiger partial charge is 0.410 e. The zero-order chi connectivity index (χ0) is 19.1. The molecule has 6 heteroatoms. The number of benzene rings is 2. The van der Waals surface area contributed by atoms with Gasteiger partial charge in [0, 0.05) is 25.9 Å². The molecule has 0 aromatic heterocycles. The molecule has 0 spiro atoms. The van der Waals surface area contributed by atoms with Crippen LogP contribution in [0.5, 0.6) is 5.75 Å². The lowest BCUT2D eigenvalue weighted by atomic mass is 10.1. The van der Waals surface area contributed by atoms with E-state index in [1.165, 1.54) is 7.11 Å². The second-order valence-electron chi connectivity index (χ2n) is 6.36. The molecular weight excluding hydrogens is 346 g/mol. The van der Waals surface area contributed by atoms with E-state index >= 15 is 0 Å². The zero-order valence-electron chi connectivity index (χ0n) is 15.3. The van der Waals surface area contributed by atoms with Crippen molar-refractivity contribution < 1.29 is 23.8 Å². The number of esters is 1. The molecule has 3 rings (SSSR count). The SMILES string of the molecule is COC(=O)c1ccc(OC2CCN(C(=O)OCc3ccccc3)CC2)cc1. The molecule has 1 heterocycles. The number of hydrogen-bond donors (Lipinski definition) is 0. The van der Waals surface area contributed by atoms with Crippen LogP contribution >= 0.6 is 0 Å². The minimum atomic E-state index is -0.371. The average Bonchev–Trinajstić information content (AvgIpc) is 2.73. The molecule has 6 nitrogen and oxygen atoms in total. The Morgan fingerprint density at radius 1 is 1.00 bits per heavy atom. The summed E-state index contributed by atoms with van der Waals surface area (Å²) in [5.74, 6) is 0.330. The fourth-order valence-corrected chi connectivity index (χ4v) is 2.95. The van der Waals surface area contributed by atoms with Crippen LogP contribution in [0.1, 0.15) is 28.8 Å². The number of ether oxygens (including phenoxy) is 3. The van der Waals surface area contributed by atoms with Gasteiger partial charge in [-0.15, -0.1) is 0 Å². The van der Waals surface area contributed by atoms with Gasteiger partial charge in [0.25, 0.3) is 0 Å². The fraction of sp³-hybridized carbons (Fsp3) is 0.333. The molecule has 0 aliphatic carbocycles. The number of carbonyl (C=O) groups excluding carboxylic acids is 2. The summed E-state index contributed by atoms with van der Waals surface area (Å²) in [6, 6.07) is 16.5. The van der Waals surface area contributed by atoms with E-state index in [4.69, 9.17) is 9.47 Å². The molecule has 0 N–H and O–H groups in total. The van der Waals surface area contributed by atoms with Crippen LogP contribution in [0.15, 0.2) is 54.6 Å². The van der Waals surface area contributed by atoms with Crippen LogP contribution in [0.2, 0.25) is 0 Å². The highest BCUT2D eigenvalue weighted by molar-refractivity contribution is 5.89. The standard InChI is InChI=1S/C21H23NO5/c1-25-20(23)17-7-9-18(10-8-17)27-19-11-13-22(14-12-19)21(24)26-15-16-5-3-2-4-6-16/h2-10,19H,11-15H2,1H3. The average molecular weight is 369 g/mol. The molecule has 0 bridgehead atoms. The van der Waals surface area contributed by atoms with Gasteiger partial charge in [-0.2, -0.15) is 0 Å². The van der Waals surface area contributed by atoms with Crippen molar-refractivity contribution in [3.63, 3.8) is 0 Å². The van der Waals surface area contributed by atoms with Crippen LogP contribution in [-0.4, -0.2) is 43.3 Å². The van der Waals surface area contributed by atoms with Gasteiger partial charge in [-0.1, -0.05) is 30.3 Å². The molecule has 1 amide bonds. The summed E-state index contributed by atoms with van der Waals surface area (Å²) in [6.07, 6.45) is 1.21. The Morgan fingerprint density at radius 2 is 1.67 bits per heavy atom. The number of piperidine rings is 1. The van der Waals surface area contributed by atoms with Gasteiger partial charge in [0.2, 0.25) is 0 Å². The molecule has 0 radical (unpaired) electrons. The predicted octanol–water partition coefficient (Wildman–Crippen LogP) is 3.65.